The number of rotatable bonds is 5. The monoisotopic (exact) mass is 346 g/mol. The fraction of sp³-hybridized carbons (Fsp3) is 0.235. The molecule has 2 N–H and O–H groups in total. The molecule has 21 heavy (non-hydrogen) atoms. The summed E-state index contributed by atoms with van der Waals surface area (Å²) in [6.45, 7) is 5.35. The van der Waals surface area contributed by atoms with Gasteiger partial charge in [-0.15, -0.1) is 0 Å². The Bertz CT molecular complexity index is 623. The predicted molar refractivity (Wildman–Crippen MR) is 90.7 cm³/mol. The molecule has 2 rings (SSSR count). The third-order valence-corrected chi connectivity index (χ3v) is 3.68. The maximum Gasteiger partial charge on any atom is 0.253 e. The molecule has 0 radical (unpaired) electrons. The minimum absolute atomic E-state index is 0.0612. The highest BCUT2D eigenvalue weighted by Crippen LogP contribution is 2.18. The summed E-state index contributed by atoms with van der Waals surface area (Å²) < 4.78 is 1.03. The molecule has 0 atom stereocenters. The highest BCUT2D eigenvalue weighted by Gasteiger charge is 2.10. The first-order valence-corrected chi connectivity index (χ1v) is 7.76. The lowest BCUT2D eigenvalue weighted by atomic mass is 10.1. The van der Waals surface area contributed by atoms with Crippen molar-refractivity contribution in [3.63, 3.8) is 0 Å². The van der Waals surface area contributed by atoms with Crippen molar-refractivity contribution >= 4 is 27.5 Å². The summed E-state index contributed by atoms with van der Waals surface area (Å²) in [6.07, 6.45) is 0. The molecule has 3 nitrogen and oxygen atoms in total. The number of carbonyl (C=O) groups is 1. The van der Waals surface area contributed by atoms with E-state index in [9.17, 15) is 4.79 Å². The molecule has 0 spiro atoms. The van der Waals surface area contributed by atoms with E-state index in [1.165, 1.54) is 0 Å². The van der Waals surface area contributed by atoms with Gasteiger partial charge in [0.25, 0.3) is 5.91 Å². The van der Waals surface area contributed by atoms with Crippen LogP contribution in [0.15, 0.2) is 46.9 Å². The molecule has 0 saturated heterocycles. The molecule has 0 fully saturated rings. The fourth-order valence-electron chi connectivity index (χ4n) is 2.07. The van der Waals surface area contributed by atoms with Gasteiger partial charge >= 0.3 is 0 Å². The maximum absolute atomic E-state index is 12.3. The molecular weight excluding hydrogens is 328 g/mol. The van der Waals surface area contributed by atoms with Crippen molar-refractivity contribution < 1.29 is 4.79 Å². The molecule has 0 aliphatic carbocycles. The second-order valence-electron chi connectivity index (χ2n) is 4.89. The van der Waals surface area contributed by atoms with E-state index in [-0.39, 0.29) is 5.91 Å². The molecule has 0 heterocycles. The first-order valence-electron chi connectivity index (χ1n) is 6.97. The van der Waals surface area contributed by atoms with Crippen LogP contribution in [-0.2, 0) is 6.54 Å². The van der Waals surface area contributed by atoms with Crippen LogP contribution >= 0.6 is 15.9 Å². The number of amides is 1. The lowest BCUT2D eigenvalue weighted by Crippen LogP contribution is -2.24. The van der Waals surface area contributed by atoms with Crippen LogP contribution in [0.2, 0.25) is 0 Å². The smallest absolute Gasteiger partial charge is 0.253 e. The standard InChI is InChI=1S/C17H19BrN2O/c1-3-19-16-10-12(2)4-9-15(16)17(21)20-11-13-5-7-14(18)8-6-13/h4-10,19H,3,11H2,1-2H3,(H,20,21). The van der Waals surface area contributed by atoms with E-state index < -0.39 is 0 Å². The van der Waals surface area contributed by atoms with Crippen LogP contribution in [0.3, 0.4) is 0 Å². The molecule has 4 heteroatoms. The van der Waals surface area contributed by atoms with Gasteiger partial charge in [0, 0.05) is 23.2 Å². The van der Waals surface area contributed by atoms with Gasteiger partial charge in [0.1, 0.15) is 0 Å². The molecule has 1 amide bonds. The Labute approximate surface area is 133 Å². The van der Waals surface area contributed by atoms with Gasteiger partial charge in [-0.05, 0) is 49.2 Å². The van der Waals surface area contributed by atoms with Gasteiger partial charge in [-0.3, -0.25) is 4.79 Å². The number of halogens is 1. The summed E-state index contributed by atoms with van der Waals surface area (Å²) in [6, 6.07) is 13.7. The van der Waals surface area contributed by atoms with E-state index in [2.05, 4.69) is 26.6 Å². The first kappa shape index (κ1) is 15.6. The topological polar surface area (TPSA) is 41.1 Å². The van der Waals surface area contributed by atoms with Gasteiger partial charge < -0.3 is 10.6 Å². The maximum atomic E-state index is 12.3. The Morgan fingerprint density at radius 2 is 1.86 bits per heavy atom. The summed E-state index contributed by atoms with van der Waals surface area (Å²) in [4.78, 5) is 12.3. The quantitative estimate of drug-likeness (QED) is 0.854. The third-order valence-electron chi connectivity index (χ3n) is 3.15. The molecule has 110 valence electrons. The van der Waals surface area contributed by atoms with E-state index in [0.717, 1.165) is 27.8 Å². The summed E-state index contributed by atoms with van der Waals surface area (Å²) in [7, 11) is 0. The average Bonchev–Trinajstić information content (AvgIpc) is 2.47. The summed E-state index contributed by atoms with van der Waals surface area (Å²) in [5.41, 5.74) is 3.77. The van der Waals surface area contributed by atoms with Crippen molar-refractivity contribution in [1.82, 2.24) is 5.32 Å². The van der Waals surface area contributed by atoms with Crippen LogP contribution < -0.4 is 10.6 Å². The zero-order chi connectivity index (χ0) is 15.2. The highest BCUT2D eigenvalue weighted by molar-refractivity contribution is 9.10. The van der Waals surface area contributed by atoms with Crippen molar-refractivity contribution in [2.75, 3.05) is 11.9 Å². The fourth-order valence-corrected chi connectivity index (χ4v) is 2.34. The van der Waals surface area contributed by atoms with Crippen LogP contribution in [0, 0.1) is 6.92 Å². The van der Waals surface area contributed by atoms with Gasteiger partial charge in [-0.25, -0.2) is 0 Å². The van der Waals surface area contributed by atoms with E-state index in [4.69, 9.17) is 0 Å². The SMILES string of the molecule is CCNc1cc(C)ccc1C(=O)NCc1ccc(Br)cc1. The Morgan fingerprint density at radius 1 is 1.14 bits per heavy atom. The number of anilines is 1. The normalized spacial score (nSPS) is 10.2. The number of benzene rings is 2. The summed E-state index contributed by atoms with van der Waals surface area (Å²) >= 11 is 3.40. The van der Waals surface area contributed by atoms with Gasteiger partial charge in [-0.1, -0.05) is 34.1 Å². The van der Waals surface area contributed by atoms with Crippen molar-refractivity contribution in [3.05, 3.63) is 63.6 Å². The minimum Gasteiger partial charge on any atom is -0.385 e. The molecule has 0 unspecified atom stereocenters. The predicted octanol–water partition coefficient (Wildman–Crippen LogP) is 4.12. The second kappa shape index (κ2) is 7.27. The molecule has 0 bridgehead atoms. The number of carbonyl (C=O) groups excluding carboxylic acids is 1. The van der Waals surface area contributed by atoms with Gasteiger partial charge in [-0.2, -0.15) is 0 Å². The lowest BCUT2D eigenvalue weighted by Gasteiger charge is -2.12. The van der Waals surface area contributed by atoms with Crippen molar-refractivity contribution in [2.24, 2.45) is 0 Å². The molecule has 2 aromatic carbocycles. The van der Waals surface area contributed by atoms with Gasteiger partial charge in [0.2, 0.25) is 0 Å². The van der Waals surface area contributed by atoms with Crippen LogP contribution in [0.4, 0.5) is 5.69 Å². The Kier molecular flexibility index (Phi) is 5.39. The third kappa shape index (κ3) is 4.33. The number of hydrogen-bond donors (Lipinski definition) is 2. The van der Waals surface area contributed by atoms with Gasteiger partial charge in [0.05, 0.1) is 5.56 Å². The summed E-state index contributed by atoms with van der Waals surface area (Å²) in [5, 5.41) is 6.20. The molecular formula is C17H19BrN2O. The van der Waals surface area contributed by atoms with E-state index >= 15 is 0 Å². The second-order valence-corrected chi connectivity index (χ2v) is 5.80. The Balaban J connectivity index is 2.07. The average molecular weight is 347 g/mol. The number of nitrogens with one attached hydrogen (secondary N) is 2. The molecule has 0 aliphatic rings. The van der Waals surface area contributed by atoms with Crippen molar-refractivity contribution in [1.29, 1.82) is 0 Å². The van der Waals surface area contributed by atoms with Crippen LogP contribution in [0.1, 0.15) is 28.4 Å². The number of aryl methyl sites for hydroxylation is 1. The zero-order valence-corrected chi connectivity index (χ0v) is 13.8. The molecule has 0 aromatic heterocycles. The largest absolute Gasteiger partial charge is 0.385 e. The van der Waals surface area contributed by atoms with E-state index in [0.29, 0.717) is 12.1 Å². The van der Waals surface area contributed by atoms with Gasteiger partial charge in [0.15, 0.2) is 0 Å². The Hall–Kier alpha value is -1.81. The number of hydrogen-bond acceptors (Lipinski definition) is 2. The molecule has 2 aromatic rings. The van der Waals surface area contributed by atoms with Crippen LogP contribution in [0.5, 0.6) is 0 Å². The minimum atomic E-state index is -0.0612. The zero-order valence-electron chi connectivity index (χ0n) is 12.2. The molecule has 0 aliphatic heterocycles. The van der Waals surface area contributed by atoms with Crippen molar-refractivity contribution in [3.8, 4) is 0 Å². The lowest BCUT2D eigenvalue weighted by molar-refractivity contribution is 0.0951. The van der Waals surface area contributed by atoms with E-state index in [1.807, 2.05) is 56.3 Å². The van der Waals surface area contributed by atoms with Crippen LogP contribution in [0.25, 0.3) is 0 Å². The Morgan fingerprint density at radius 3 is 2.52 bits per heavy atom. The van der Waals surface area contributed by atoms with E-state index in [1.54, 1.807) is 0 Å². The molecule has 0 saturated carbocycles. The van der Waals surface area contributed by atoms with Crippen molar-refractivity contribution in [2.45, 2.75) is 20.4 Å². The summed E-state index contributed by atoms with van der Waals surface area (Å²) in [5.74, 6) is -0.0612. The first-order chi connectivity index (χ1) is 10.1. The van der Waals surface area contributed by atoms with Crippen LogP contribution in [-0.4, -0.2) is 12.5 Å². The highest BCUT2D eigenvalue weighted by atomic mass is 79.9.